The van der Waals surface area contributed by atoms with Crippen molar-refractivity contribution in [3.63, 3.8) is 0 Å². The quantitative estimate of drug-likeness (QED) is 0.794. The second kappa shape index (κ2) is 7.93. The predicted molar refractivity (Wildman–Crippen MR) is 113 cm³/mol. The number of amides is 1. The van der Waals surface area contributed by atoms with Gasteiger partial charge in [-0.05, 0) is 44.0 Å². The van der Waals surface area contributed by atoms with Crippen LogP contribution < -0.4 is 0 Å². The first kappa shape index (κ1) is 19.6. The highest BCUT2D eigenvalue weighted by Crippen LogP contribution is 2.42. The number of benzene rings is 1. The van der Waals surface area contributed by atoms with Crippen LogP contribution in [-0.2, 0) is 23.3 Å². The number of likely N-dealkylation sites (tertiary alicyclic amines) is 1. The minimum atomic E-state index is 0.192. The molecule has 2 aromatic rings. The first-order chi connectivity index (χ1) is 13.4. The minimum absolute atomic E-state index is 0.192. The number of likely N-dealkylation sites (N-methyl/N-ethyl adjacent to an activating group) is 1. The van der Waals surface area contributed by atoms with Gasteiger partial charge in [-0.25, -0.2) is 4.98 Å². The zero-order chi connectivity index (χ0) is 19.7. The van der Waals surface area contributed by atoms with Crippen molar-refractivity contribution in [2.45, 2.75) is 38.3 Å². The molecule has 5 nitrogen and oxygen atoms in total. The van der Waals surface area contributed by atoms with Crippen molar-refractivity contribution in [3.8, 4) is 0 Å². The summed E-state index contributed by atoms with van der Waals surface area (Å²) in [6.07, 6.45) is 2.22. The summed E-state index contributed by atoms with van der Waals surface area (Å²) in [5.41, 5.74) is 4.36. The van der Waals surface area contributed by atoms with Crippen molar-refractivity contribution in [2.24, 2.45) is 0 Å². The molecule has 28 heavy (non-hydrogen) atoms. The van der Waals surface area contributed by atoms with Gasteiger partial charge in [-0.15, -0.1) is 11.3 Å². The topological polar surface area (TPSA) is 39.7 Å². The molecule has 2 aliphatic heterocycles. The second-order valence-corrected chi connectivity index (χ2v) is 9.57. The molecule has 0 aliphatic carbocycles. The zero-order valence-corrected chi connectivity index (χ0v) is 18.0. The van der Waals surface area contributed by atoms with Gasteiger partial charge in [-0.1, -0.05) is 24.3 Å². The van der Waals surface area contributed by atoms with Crippen LogP contribution in [-0.4, -0.2) is 65.9 Å². The molecule has 1 aromatic heterocycles. The van der Waals surface area contributed by atoms with Crippen LogP contribution in [0.3, 0.4) is 0 Å². The molecule has 6 heteroatoms. The summed E-state index contributed by atoms with van der Waals surface area (Å²) in [6, 6.07) is 8.97. The molecular weight excluding hydrogens is 368 g/mol. The lowest BCUT2D eigenvalue weighted by Gasteiger charge is -2.48. The van der Waals surface area contributed by atoms with E-state index in [4.69, 9.17) is 0 Å². The lowest BCUT2D eigenvalue weighted by atomic mass is 9.69. The van der Waals surface area contributed by atoms with E-state index in [1.807, 2.05) is 14.1 Å². The molecule has 1 saturated heterocycles. The fraction of sp³-hybridized carbons (Fsp3) is 0.545. The Labute approximate surface area is 172 Å². The summed E-state index contributed by atoms with van der Waals surface area (Å²) >= 11 is 1.73. The average molecular weight is 399 g/mol. The van der Waals surface area contributed by atoms with Crippen molar-refractivity contribution in [2.75, 3.05) is 40.3 Å². The fourth-order valence-corrected chi connectivity index (χ4v) is 5.31. The predicted octanol–water partition coefficient (Wildman–Crippen LogP) is 2.89. The first-order valence-corrected chi connectivity index (χ1v) is 11.0. The highest BCUT2D eigenvalue weighted by molar-refractivity contribution is 7.09. The Morgan fingerprint density at radius 2 is 1.96 bits per heavy atom. The van der Waals surface area contributed by atoms with E-state index in [1.54, 1.807) is 16.2 Å². The van der Waals surface area contributed by atoms with E-state index in [-0.39, 0.29) is 11.3 Å². The second-order valence-electron chi connectivity index (χ2n) is 8.50. The van der Waals surface area contributed by atoms with Crippen LogP contribution >= 0.6 is 11.3 Å². The summed E-state index contributed by atoms with van der Waals surface area (Å²) < 4.78 is 0. The van der Waals surface area contributed by atoms with Crippen molar-refractivity contribution in [1.82, 2.24) is 19.7 Å². The monoisotopic (exact) mass is 398 g/mol. The highest BCUT2D eigenvalue weighted by atomic mass is 32.1. The van der Waals surface area contributed by atoms with Gasteiger partial charge in [0.2, 0.25) is 5.91 Å². The van der Waals surface area contributed by atoms with E-state index >= 15 is 0 Å². The molecule has 1 aromatic carbocycles. The SMILES string of the molecule is Cc1nc(CN2Cc3ccccc3C3(CCN(CC(=O)N(C)C)CC3)C2)cs1. The van der Waals surface area contributed by atoms with E-state index in [2.05, 4.69) is 51.4 Å². The Kier molecular flexibility index (Phi) is 5.54. The van der Waals surface area contributed by atoms with Gasteiger partial charge >= 0.3 is 0 Å². The third-order valence-corrected chi connectivity index (χ3v) is 7.05. The number of aryl methyl sites for hydroxylation is 1. The Morgan fingerprint density at radius 3 is 2.64 bits per heavy atom. The van der Waals surface area contributed by atoms with E-state index in [0.717, 1.165) is 50.6 Å². The molecule has 1 fully saturated rings. The van der Waals surface area contributed by atoms with Crippen molar-refractivity contribution >= 4 is 17.2 Å². The van der Waals surface area contributed by atoms with E-state index in [1.165, 1.54) is 16.8 Å². The lowest BCUT2D eigenvalue weighted by Crippen LogP contribution is -2.52. The van der Waals surface area contributed by atoms with Crippen molar-refractivity contribution in [3.05, 3.63) is 51.5 Å². The molecule has 0 saturated carbocycles. The molecule has 1 spiro atoms. The molecule has 150 valence electrons. The van der Waals surface area contributed by atoms with E-state index in [0.29, 0.717) is 6.54 Å². The highest BCUT2D eigenvalue weighted by Gasteiger charge is 2.42. The van der Waals surface area contributed by atoms with Gasteiger partial charge in [0.1, 0.15) is 0 Å². The van der Waals surface area contributed by atoms with Gasteiger partial charge in [0.15, 0.2) is 0 Å². The summed E-state index contributed by atoms with van der Waals surface area (Å²) in [4.78, 5) is 23.4. The molecule has 4 rings (SSSR count). The maximum absolute atomic E-state index is 12.1. The molecule has 0 radical (unpaired) electrons. The van der Waals surface area contributed by atoms with Crippen LogP contribution in [0.2, 0.25) is 0 Å². The minimum Gasteiger partial charge on any atom is -0.348 e. The molecule has 3 heterocycles. The summed E-state index contributed by atoms with van der Waals surface area (Å²) in [7, 11) is 3.67. The Bertz CT molecular complexity index is 839. The lowest BCUT2D eigenvalue weighted by molar-refractivity contribution is -0.130. The number of thiazole rings is 1. The van der Waals surface area contributed by atoms with Crippen LogP contribution in [0.15, 0.2) is 29.6 Å². The van der Waals surface area contributed by atoms with Gasteiger partial charge in [0, 0.05) is 44.5 Å². The summed E-state index contributed by atoms with van der Waals surface area (Å²) in [6.45, 7) is 7.57. The average Bonchev–Trinajstić information content (AvgIpc) is 3.08. The third kappa shape index (κ3) is 4.00. The van der Waals surface area contributed by atoms with E-state index < -0.39 is 0 Å². The van der Waals surface area contributed by atoms with Gasteiger partial charge in [0.05, 0.1) is 17.2 Å². The molecule has 0 N–H and O–H groups in total. The fourth-order valence-electron chi connectivity index (χ4n) is 4.71. The number of fused-ring (bicyclic) bond motifs is 2. The maximum atomic E-state index is 12.1. The van der Waals surface area contributed by atoms with Crippen molar-refractivity contribution < 1.29 is 4.79 Å². The van der Waals surface area contributed by atoms with Crippen LogP contribution in [0.25, 0.3) is 0 Å². The van der Waals surface area contributed by atoms with Crippen LogP contribution in [0.4, 0.5) is 0 Å². The molecular formula is C22H30N4OS. The molecule has 0 unspecified atom stereocenters. The molecule has 0 atom stereocenters. The number of aromatic nitrogens is 1. The number of nitrogens with zero attached hydrogens (tertiary/aromatic N) is 4. The van der Waals surface area contributed by atoms with Crippen LogP contribution in [0.5, 0.6) is 0 Å². The van der Waals surface area contributed by atoms with Crippen molar-refractivity contribution in [1.29, 1.82) is 0 Å². The number of rotatable bonds is 4. The maximum Gasteiger partial charge on any atom is 0.236 e. The first-order valence-electron chi connectivity index (χ1n) is 10.1. The number of hydrogen-bond acceptors (Lipinski definition) is 5. The summed E-state index contributed by atoms with van der Waals surface area (Å²) in [5, 5.41) is 3.33. The van der Waals surface area contributed by atoms with E-state index in [9.17, 15) is 4.79 Å². The van der Waals surface area contributed by atoms with Gasteiger partial charge in [0.25, 0.3) is 0 Å². The van der Waals surface area contributed by atoms with Gasteiger partial charge in [-0.3, -0.25) is 14.6 Å². The normalized spacial score (nSPS) is 19.5. The number of carbonyl (C=O) groups excluding carboxylic acids is 1. The van der Waals surface area contributed by atoms with Crippen LogP contribution in [0.1, 0.15) is 34.7 Å². The standard InChI is InChI=1S/C22H30N4OS/c1-17-23-19(15-28-17)13-26-12-18-6-4-5-7-20(18)22(16-26)8-10-25(11-9-22)14-21(27)24(2)3/h4-7,15H,8-14,16H2,1-3H3. The Morgan fingerprint density at radius 1 is 1.21 bits per heavy atom. The molecule has 2 aliphatic rings. The Balaban J connectivity index is 1.51. The van der Waals surface area contributed by atoms with Crippen LogP contribution in [0, 0.1) is 6.92 Å². The number of carbonyl (C=O) groups is 1. The van der Waals surface area contributed by atoms with Gasteiger partial charge < -0.3 is 4.90 Å². The smallest absolute Gasteiger partial charge is 0.236 e. The molecule has 0 bridgehead atoms. The zero-order valence-electron chi connectivity index (χ0n) is 17.1. The molecule has 1 amide bonds. The number of piperidine rings is 1. The van der Waals surface area contributed by atoms with Gasteiger partial charge in [-0.2, -0.15) is 0 Å². The third-order valence-electron chi connectivity index (χ3n) is 6.23. The Hall–Kier alpha value is -1.76. The summed E-state index contributed by atoms with van der Waals surface area (Å²) in [5.74, 6) is 0.195. The number of hydrogen-bond donors (Lipinski definition) is 0. The largest absolute Gasteiger partial charge is 0.348 e.